The second-order valence-corrected chi connectivity index (χ2v) is 6.18. The summed E-state index contributed by atoms with van der Waals surface area (Å²) in [5.74, 6) is -0.0643. The van der Waals surface area contributed by atoms with Crippen molar-refractivity contribution in [2.24, 2.45) is 7.05 Å². The first-order valence-corrected chi connectivity index (χ1v) is 8.27. The van der Waals surface area contributed by atoms with Crippen molar-refractivity contribution in [3.63, 3.8) is 0 Å². The molecule has 0 unspecified atom stereocenters. The van der Waals surface area contributed by atoms with Gasteiger partial charge in [0.05, 0.1) is 5.52 Å². The number of hydrogen-bond donors (Lipinski definition) is 1. The number of ether oxygens (including phenoxy) is 1. The van der Waals surface area contributed by atoms with Crippen LogP contribution < -0.4 is 10.1 Å². The minimum Gasteiger partial charge on any atom is -0.485 e. The van der Waals surface area contributed by atoms with Crippen LogP contribution in [0.2, 0.25) is 5.02 Å². The molecule has 0 radical (unpaired) electrons. The molecule has 0 aliphatic rings. The van der Waals surface area contributed by atoms with E-state index in [1.807, 2.05) is 43.1 Å². The first kappa shape index (κ1) is 16.8. The van der Waals surface area contributed by atoms with Crippen molar-refractivity contribution in [2.75, 3.05) is 13.6 Å². The number of nitrogens with zero attached hydrogens (tertiary/aromatic N) is 1. The van der Waals surface area contributed by atoms with Gasteiger partial charge in [-0.1, -0.05) is 29.8 Å². The maximum absolute atomic E-state index is 14.5. The van der Waals surface area contributed by atoms with Crippen molar-refractivity contribution in [3.8, 4) is 5.75 Å². The fourth-order valence-corrected chi connectivity index (χ4v) is 3.06. The Morgan fingerprint density at radius 3 is 2.71 bits per heavy atom. The Balaban J connectivity index is 1.99. The van der Waals surface area contributed by atoms with E-state index in [1.54, 1.807) is 12.1 Å². The van der Waals surface area contributed by atoms with E-state index in [1.165, 1.54) is 6.07 Å². The van der Waals surface area contributed by atoms with Crippen LogP contribution in [0, 0.1) is 5.82 Å². The molecule has 0 spiro atoms. The monoisotopic (exact) mass is 346 g/mol. The Labute approximate surface area is 146 Å². The standard InChI is InChI=1S/C19H20ClFN2O/c1-22-10-9-13-11-23(2)17-8-7-16(21)19(18(13)17)24-12-14-5-3-4-6-15(14)20/h3-8,11,22H,9-10,12H2,1-2H3. The lowest BCUT2D eigenvalue weighted by atomic mass is 10.1. The fraction of sp³-hybridized carbons (Fsp3) is 0.263. The molecule has 0 bridgehead atoms. The van der Waals surface area contributed by atoms with Gasteiger partial charge in [0.1, 0.15) is 6.61 Å². The summed E-state index contributed by atoms with van der Waals surface area (Å²) in [4.78, 5) is 0. The number of halogens is 2. The minimum atomic E-state index is -0.355. The first-order chi connectivity index (χ1) is 11.6. The van der Waals surface area contributed by atoms with Crippen LogP contribution in [-0.4, -0.2) is 18.2 Å². The first-order valence-electron chi connectivity index (χ1n) is 7.89. The number of likely N-dealkylation sites (N-methyl/N-ethyl adjacent to an activating group) is 1. The second kappa shape index (κ2) is 7.24. The highest BCUT2D eigenvalue weighted by molar-refractivity contribution is 6.31. The van der Waals surface area contributed by atoms with Crippen LogP contribution in [0.5, 0.6) is 5.75 Å². The van der Waals surface area contributed by atoms with Gasteiger partial charge in [0.15, 0.2) is 11.6 Å². The lowest BCUT2D eigenvalue weighted by Crippen LogP contribution is -2.10. The van der Waals surface area contributed by atoms with E-state index >= 15 is 0 Å². The van der Waals surface area contributed by atoms with Crippen LogP contribution in [0.3, 0.4) is 0 Å². The van der Waals surface area contributed by atoms with Gasteiger partial charge in [-0.05, 0) is 43.8 Å². The Morgan fingerprint density at radius 2 is 1.96 bits per heavy atom. The highest BCUT2D eigenvalue weighted by atomic mass is 35.5. The van der Waals surface area contributed by atoms with E-state index in [0.717, 1.165) is 35.0 Å². The second-order valence-electron chi connectivity index (χ2n) is 5.77. The Morgan fingerprint density at radius 1 is 1.17 bits per heavy atom. The molecular weight excluding hydrogens is 327 g/mol. The van der Waals surface area contributed by atoms with Gasteiger partial charge in [0.25, 0.3) is 0 Å². The quantitative estimate of drug-likeness (QED) is 0.719. The van der Waals surface area contributed by atoms with Crippen molar-refractivity contribution in [2.45, 2.75) is 13.0 Å². The Kier molecular flexibility index (Phi) is 5.07. The van der Waals surface area contributed by atoms with Crippen molar-refractivity contribution in [1.82, 2.24) is 9.88 Å². The maximum Gasteiger partial charge on any atom is 0.165 e. The van der Waals surface area contributed by atoms with Crippen LogP contribution in [0.4, 0.5) is 4.39 Å². The fourth-order valence-electron chi connectivity index (χ4n) is 2.87. The van der Waals surface area contributed by atoms with Crippen molar-refractivity contribution < 1.29 is 9.13 Å². The zero-order valence-electron chi connectivity index (χ0n) is 13.8. The van der Waals surface area contributed by atoms with E-state index in [9.17, 15) is 4.39 Å². The van der Waals surface area contributed by atoms with Crippen LogP contribution >= 0.6 is 11.6 Å². The summed E-state index contributed by atoms with van der Waals surface area (Å²) in [5.41, 5.74) is 2.86. The molecule has 1 aromatic heterocycles. The van der Waals surface area contributed by atoms with Gasteiger partial charge in [-0.15, -0.1) is 0 Å². The number of fused-ring (bicyclic) bond motifs is 1. The van der Waals surface area contributed by atoms with Gasteiger partial charge in [-0.3, -0.25) is 0 Å². The third-order valence-electron chi connectivity index (χ3n) is 4.11. The Bertz CT molecular complexity index is 860. The third-order valence-corrected chi connectivity index (χ3v) is 4.48. The van der Waals surface area contributed by atoms with Crippen LogP contribution in [0.15, 0.2) is 42.6 Å². The van der Waals surface area contributed by atoms with Crippen molar-refractivity contribution in [3.05, 3.63) is 64.6 Å². The molecule has 126 valence electrons. The molecule has 0 aliphatic carbocycles. The van der Waals surface area contributed by atoms with E-state index in [2.05, 4.69) is 5.32 Å². The molecule has 0 aliphatic heterocycles. The molecule has 5 heteroatoms. The summed E-state index contributed by atoms with van der Waals surface area (Å²) in [6, 6.07) is 10.7. The van der Waals surface area contributed by atoms with Crippen LogP contribution in [0.1, 0.15) is 11.1 Å². The predicted molar refractivity (Wildman–Crippen MR) is 96.3 cm³/mol. The van der Waals surface area contributed by atoms with Crippen LogP contribution in [-0.2, 0) is 20.1 Å². The number of rotatable bonds is 6. The van der Waals surface area contributed by atoms with Gasteiger partial charge >= 0.3 is 0 Å². The third kappa shape index (κ3) is 3.25. The van der Waals surface area contributed by atoms with E-state index in [4.69, 9.17) is 16.3 Å². The molecule has 0 saturated heterocycles. The average Bonchev–Trinajstić information content (AvgIpc) is 2.89. The largest absolute Gasteiger partial charge is 0.485 e. The van der Waals surface area contributed by atoms with Gasteiger partial charge in [-0.25, -0.2) is 4.39 Å². The van der Waals surface area contributed by atoms with Crippen molar-refractivity contribution in [1.29, 1.82) is 0 Å². The summed E-state index contributed by atoms with van der Waals surface area (Å²) in [6.07, 6.45) is 2.84. The number of nitrogens with one attached hydrogen (secondary N) is 1. The summed E-state index contributed by atoms with van der Waals surface area (Å²) >= 11 is 6.17. The minimum absolute atomic E-state index is 0.232. The zero-order valence-corrected chi connectivity index (χ0v) is 14.5. The van der Waals surface area contributed by atoms with Gasteiger partial charge in [0.2, 0.25) is 0 Å². The van der Waals surface area contributed by atoms with E-state index in [-0.39, 0.29) is 12.4 Å². The SMILES string of the molecule is CNCCc1cn(C)c2ccc(F)c(OCc3ccccc3Cl)c12. The van der Waals surface area contributed by atoms with E-state index < -0.39 is 0 Å². The van der Waals surface area contributed by atoms with Gasteiger partial charge in [0, 0.05) is 29.2 Å². The topological polar surface area (TPSA) is 26.2 Å². The molecule has 3 nitrogen and oxygen atoms in total. The van der Waals surface area contributed by atoms with Crippen LogP contribution in [0.25, 0.3) is 10.9 Å². The highest BCUT2D eigenvalue weighted by Gasteiger charge is 2.16. The smallest absolute Gasteiger partial charge is 0.165 e. The number of aryl methyl sites for hydroxylation is 1. The molecule has 24 heavy (non-hydrogen) atoms. The molecule has 0 atom stereocenters. The maximum atomic E-state index is 14.5. The highest BCUT2D eigenvalue weighted by Crippen LogP contribution is 2.34. The summed E-state index contributed by atoms with van der Waals surface area (Å²) < 4.78 is 22.3. The van der Waals surface area contributed by atoms with Gasteiger partial charge < -0.3 is 14.6 Å². The van der Waals surface area contributed by atoms with E-state index in [0.29, 0.717) is 10.8 Å². The average molecular weight is 347 g/mol. The summed E-state index contributed by atoms with van der Waals surface area (Å²) in [5, 5.41) is 4.58. The molecule has 3 aromatic rings. The lowest BCUT2D eigenvalue weighted by molar-refractivity contribution is 0.294. The molecular formula is C19H20ClFN2O. The van der Waals surface area contributed by atoms with Crippen molar-refractivity contribution >= 4 is 22.5 Å². The molecule has 3 rings (SSSR count). The summed E-state index contributed by atoms with van der Waals surface area (Å²) in [7, 11) is 3.86. The molecule has 1 heterocycles. The normalized spacial score (nSPS) is 11.2. The van der Waals surface area contributed by atoms with Gasteiger partial charge in [-0.2, -0.15) is 0 Å². The predicted octanol–water partition coefficient (Wildman–Crippen LogP) is 4.31. The molecule has 0 fully saturated rings. The number of hydrogen-bond acceptors (Lipinski definition) is 2. The molecule has 2 aromatic carbocycles. The molecule has 0 amide bonds. The number of benzene rings is 2. The summed E-state index contributed by atoms with van der Waals surface area (Å²) in [6.45, 7) is 1.05. The molecule has 1 N–H and O–H groups in total. The number of aromatic nitrogens is 1. The molecule has 0 saturated carbocycles. The Hall–Kier alpha value is -2.04. The lowest BCUT2D eigenvalue weighted by Gasteiger charge is -2.11. The zero-order chi connectivity index (χ0) is 17.1.